The van der Waals surface area contributed by atoms with E-state index in [1.165, 1.54) is 6.42 Å². The molecule has 2 saturated heterocycles. The fourth-order valence-electron chi connectivity index (χ4n) is 4.70. The van der Waals surface area contributed by atoms with E-state index in [4.69, 9.17) is 14.5 Å². The minimum Gasteiger partial charge on any atom is -0.462 e. The van der Waals surface area contributed by atoms with Gasteiger partial charge in [-0.3, -0.25) is 0 Å². The zero-order valence-electron chi connectivity index (χ0n) is 20.1. The van der Waals surface area contributed by atoms with Gasteiger partial charge in [0, 0.05) is 44.3 Å². The third-order valence-electron chi connectivity index (χ3n) is 6.46. The summed E-state index contributed by atoms with van der Waals surface area (Å²) >= 11 is 0. The number of carbonyl (C=O) groups is 1. The van der Waals surface area contributed by atoms with E-state index in [2.05, 4.69) is 33.2 Å². The Hall–Kier alpha value is -2.64. The molecular weight excluding hydrogens is 422 g/mol. The Morgan fingerprint density at radius 3 is 2.73 bits per heavy atom. The lowest BCUT2D eigenvalue weighted by Crippen LogP contribution is -2.56. The second-order valence-corrected chi connectivity index (χ2v) is 10.1. The van der Waals surface area contributed by atoms with Gasteiger partial charge in [0.05, 0.1) is 24.2 Å². The molecule has 0 aliphatic carbocycles. The van der Waals surface area contributed by atoms with Crippen molar-refractivity contribution in [3.63, 3.8) is 0 Å². The second kappa shape index (κ2) is 9.69. The van der Waals surface area contributed by atoms with E-state index in [1.54, 1.807) is 4.90 Å². The zero-order valence-corrected chi connectivity index (χ0v) is 20.1. The summed E-state index contributed by atoms with van der Waals surface area (Å²) in [6.45, 7) is 10.2. The van der Waals surface area contributed by atoms with E-state index in [0.29, 0.717) is 51.4 Å². The zero-order chi connectivity index (χ0) is 23.6. The predicted molar refractivity (Wildman–Crippen MR) is 123 cm³/mol. The molecule has 2 fully saturated rings. The molecule has 3 aliphatic heterocycles. The minimum absolute atomic E-state index is 0.235. The third-order valence-corrected chi connectivity index (χ3v) is 6.46. The van der Waals surface area contributed by atoms with Gasteiger partial charge in [0.2, 0.25) is 0 Å². The molecule has 4 rings (SSSR count). The van der Waals surface area contributed by atoms with Crippen LogP contribution in [0.15, 0.2) is 0 Å². The predicted octanol–water partition coefficient (Wildman–Crippen LogP) is 1.89. The molecule has 0 saturated carbocycles. The Balaban J connectivity index is 1.51. The molecule has 1 N–H and O–H groups in total. The number of likely N-dealkylation sites (N-methyl/N-ethyl adjacent to an activating group) is 1. The smallest absolute Gasteiger partial charge is 0.410 e. The van der Waals surface area contributed by atoms with Crippen LogP contribution in [0.25, 0.3) is 0 Å². The first-order chi connectivity index (χ1) is 15.7. The van der Waals surface area contributed by atoms with Crippen LogP contribution in [-0.2, 0) is 17.8 Å². The summed E-state index contributed by atoms with van der Waals surface area (Å²) in [5, 5.41) is 12.8. The number of likely N-dealkylation sites (tertiary alicyclic amines) is 1. The highest BCUT2D eigenvalue weighted by molar-refractivity contribution is 5.69. The van der Waals surface area contributed by atoms with Gasteiger partial charge >= 0.3 is 12.1 Å². The van der Waals surface area contributed by atoms with E-state index in [-0.39, 0.29) is 18.6 Å². The highest BCUT2D eigenvalue weighted by Gasteiger charge is 2.35. The Morgan fingerprint density at radius 1 is 1.21 bits per heavy atom. The maximum Gasteiger partial charge on any atom is 0.410 e. The Bertz CT molecular complexity index is 911. The minimum atomic E-state index is -0.579. The van der Waals surface area contributed by atoms with Crippen LogP contribution in [-0.4, -0.2) is 83.4 Å². The van der Waals surface area contributed by atoms with Crippen LogP contribution in [0.4, 0.5) is 10.6 Å². The van der Waals surface area contributed by atoms with Gasteiger partial charge in [-0.2, -0.15) is 15.2 Å². The van der Waals surface area contributed by atoms with Gasteiger partial charge in [0.1, 0.15) is 18.0 Å². The van der Waals surface area contributed by atoms with Crippen molar-refractivity contribution in [1.82, 2.24) is 25.1 Å². The van der Waals surface area contributed by atoms with Crippen LogP contribution in [0.1, 0.15) is 51.3 Å². The average Bonchev–Trinajstić information content (AvgIpc) is 3.39. The summed E-state index contributed by atoms with van der Waals surface area (Å²) in [5.41, 5.74) is 1.45. The number of nitrogens with zero attached hydrogens (tertiary/aromatic N) is 6. The molecule has 1 aromatic rings. The van der Waals surface area contributed by atoms with E-state index in [9.17, 15) is 10.1 Å². The number of aromatic nitrogens is 2. The fourth-order valence-corrected chi connectivity index (χ4v) is 4.70. The number of nitriles is 1. The molecule has 10 heteroatoms. The topological polar surface area (TPSA) is 107 Å². The van der Waals surface area contributed by atoms with Crippen molar-refractivity contribution >= 4 is 11.9 Å². The number of nitrogens with one attached hydrogen (secondary N) is 1. The van der Waals surface area contributed by atoms with Crippen molar-refractivity contribution in [2.24, 2.45) is 0 Å². The van der Waals surface area contributed by atoms with Crippen LogP contribution in [0.2, 0.25) is 0 Å². The molecule has 4 heterocycles. The number of carbonyl (C=O) groups excluding carboxylic acids is 1. The number of anilines is 1. The van der Waals surface area contributed by atoms with Crippen LogP contribution in [0.5, 0.6) is 6.01 Å². The molecule has 10 nitrogen and oxygen atoms in total. The van der Waals surface area contributed by atoms with Crippen molar-refractivity contribution in [3.8, 4) is 12.1 Å². The first-order valence-electron chi connectivity index (χ1n) is 11.8. The van der Waals surface area contributed by atoms with E-state index < -0.39 is 5.60 Å². The molecule has 1 amide bonds. The van der Waals surface area contributed by atoms with Gasteiger partial charge in [-0.25, -0.2) is 4.79 Å². The van der Waals surface area contributed by atoms with Crippen LogP contribution >= 0.6 is 0 Å². The van der Waals surface area contributed by atoms with Crippen molar-refractivity contribution in [2.45, 2.75) is 70.8 Å². The first kappa shape index (κ1) is 23.5. The quantitative estimate of drug-likeness (QED) is 0.709. The lowest BCUT2D eigenvalue weighted by atomic mass is 10.1. The monoisotopic (exact) mass is 457 g/mol. The maximum atomic E-state index is 12.7. The Labute approximate surface area is 195 Å². The number of ether oxygens (including phenoxy) is 2. The van der Waals surface area contributed by atoms with Crippen molar-refractivity contribution < 1.29 is 14.3 Å². The number of amides is 1. The fraction of sp³-hybridized carbons (Fsp3) is 0.739. The third kappa shape index (κ3) is 5.47. The van der Waals surface area contributed by atoms with Gasteiger partial charge in [-0.15, -0.1) is 0 Å². The summed E-state index contributed by atoms with van der Waals surface area (Å²) in [5.74, 6) is 0.839. The molecule has 0 bridgehead atoms. The molecule has 0 radical (unpaired) electrons. The van der Waals surface area contributed by atoms with Gasteiger partial charge < -0.3 is 29.5 Å². The average molecular weight is 458 g/mol. The molecular formula is C23H35N7O3. The Morgan fingerprint density at radius 2 is 2.03 bits per heavy atom. The van der Waals surface area contributed by atoms with Gasteiger partial charge in [-0.05, 0) is 47.2 Å². The normalized spacial score (nSPS) is 23.4. The van der Waals surface area contributed by atoms with E-state index >= 15 is 0 Å². The lowest BCUT2D eigenvalue weighted by Gasteiger charge is -2.41. The number of fused-ring (bicyclic) bond motifs is 1. The molecule has 180 valence electrons. The molecule has 3 aliphatic rings. The Kier molecular flexibility index (Phi) is 6.91. The maximum absolute atomic E-state index is 12.7. The molecule has 0 spiro atoms. The summed E-state index contributed by atoms with van der Waals surface area (Å²) < 4.78 is 11.6. The summed E-state index contributed by atoms with van der Waals surface area (Å²) in [6.07, 6.45) is 2.17. The highest BCUT2D eigenvalue weighted by atomic mass is 16.6. The van der Waals surface area contributed by atoms with E-state index in [0.717, 1.165) is 30.0 Å². The molecule has 0 aromatic carbocycles. The number of hydrogen-bond acceptors (Lipinski definition) is 9. The molecule has 0 unspecified atom stereocenters. The van der Waals surface area contributed by atoms with Crippen molar-refractivity contribution in [1.29, 1.82) is 5.26 Å². The summed E-state index contributed by atoms with van der Waals surface area (Å²) in [6, 6.07) is 2.75. The molecule has 33 heavy (non-hydrogen) atoms. The van der Waals surface area contributed by atoms with E-state index in [1.807, 2.05) is 20.8 Å². The van der Waals surface area contributed by atoms with Crippen LogP contribution < -0.4 is 15.0 Å². The first-order valence-corrected chi connectivity index (χ1v) is 11.8. The SMILES string of the molecule is CN1CCC[C@H]1COc1nc2c(c(N3CCN(C(=O)OC(C)(C)C)[C@@H](CC#N)C3)n1)CNC2. The van der Waals surface area contributed by atoms with Crippen LogP contribution in [0, 0.1) is 11.3 Å². The second-order valence-electron chi connectivity index (χ2n) is 10.1. The van der Waals surface area contributed by atoms with Crippen molar-refractivity contribution in [3.05, 3.63) is 11.3 Å². The van der Waals surface area contributed by atoms with Gasteiger partial charge in [-0.1, -0.05) is 0 Å². The lowest BCUT2D eigenvalue weighted by molar-refractivity contribution is 0.0144. The number of piperazine rings is 1. The highest BCUT2D eigenvalue weighted by Crippen LogP contribution is 2.30. The number of rotatable bonds is 5. The summed E-state index contributed by atoms with van der Waals surface area (Å²) in [7, 11) is 2.12. The largest absolute Gasteiger partial charge is 0.462 e. The van der Waals surface area contributed by atoms with Gasteiger partial charge in [0.25, 0.3) is 0 Å². The van der Waals surface area contributed by atoms with Crippen molar-refractivity contribution in [2.75, 3.05) is 44.7 Å². The standard InChI is InChI=1S/C23H35N7O3/c1-23(2,3)33-22(31)30-11-10-29(14-16(30)7-8-24)20-18-12-25-13-19(18)26-21(27-20)32-15-17-6-5-9-28(17)4/h16-17,25H,5-7,9-15H2,1-4H3/t16-,17-/m0/s1. The molecule has 1 aromatic heterocycles. The molecule has 2 atom stereocenters. The van der Waals surface area contributed by atoms with Crippen LogP contribution in [0.3, 0.4) is 0 Å². The number of hydrogen-bond donors (Lipinski definition) is 1. The van der Waals surface area contributed by atoms with Gasteiger partial charge in [0.15, 0.2) is 0 Å². The summed E-state index contributed by atoms with van der Waals surface area (Å²) in [4.78, 5) is 28.3.